The molecule has 0 atom stereocenters. The molecule has 0 amide bonds. The molecule has 0 fully saturated rings. The van der Waals surface area contributed by atoms with E-state index >= 15 is 0 Å². The van der Waals surface area contributed by atoms with Crippen molar-refractivity contribution in [1.82, 2.24) is 5.48 Å². The SMILES string of the molecule is C(=Cc1ccccc1)C1=C(c2ccccc2)N(c2ccccc2)ON1. The normalized spacial score (nSPS) is 14.2. The number of rotatable bonds is 4. The van der Waals surface area contributed by atoms with Crippen LogP contribution in [0.15, 0.2) is 103 Å². The standard InChI is InChI=1S/C22H18N2O/c1-4-10-18(11-5-1)16-17-21-22(19-12-6-2-7-13-19)24(25-23-21)20-14-8-3-9-15-20/h1-17,23H. The summed E-state index contributed by atoms with van der Waals surface area (Å²) in [5.41, 5.74) is 8.14. The van der Waals surface area contributed by atoms with Crippen molar-refractivity contribution in [2.45, 2.75) is 0 Å². The molecule has 0 bridgehead atoms. The summed E-state index contributed by atoms with van der Waals surface area (Å²) in [4.78, 5) is 5.77. The fourth-order valence-electron chi connectivity index (χ4n) is 2.77. The maximum atomic E-state index is 5.77. The van der Waals surface area contributed by atoms with E-state index in [2.05, 4.69) is 35.8 Å². The van der Waals surface area contributed by atoms with E-state index in [-0.39, 0.29) is 0 Å². The average molecular weight is 326 g/mol. The molecule has 1 aliphatic heterocycles. The molecule has 1 heterocycles. The van der Waals surface area contributed by atoms with Crippen molar-refractivity contribution >= 4 is 17.5 Å². The second-order valence-corrected chi connectivity index (χ2v) is 5.70. The van der Waals surface area contributed by atoms with Gasteiger partial charge in [0.25, 0.3) is 0 Å². The molecule has 0 aromatic heterocycles. The molecule has 3 aromatic carbocycles. The van der Waals surface area contributed by atoms with Crippen LogP contribution in [-0.2, 0) is 4.94 Å². The first-order chi connectivity index (χ1) is 12.4. The Morgan fingerprint density at radius 3 is 1.96 bits per heavy atom. The minimum atomic E-state index is 0.916. The van der Waals surface area contributed by atoms with Crippen LogP contribution in [0.4, 0.5) is 5.69 Å². The lowest BCUT2D eigenvalue weighted by Gasteiger charge is -2.18. The highest BCUT2D eigenvalue weighted by molar-refractivity contribution is 5.82. The molecule has 1 aliphatic rings. The van der Waals surface area contributed by atoms with Gasteiger partial charge in [-0.05, 0) is 23.8 Å². The summed E-state index contributed by atoms with van der Waals surface area (Å²) >= 11 is 0. The Kier molecular flexibility index (Phi) is 4.31. The summed E-state index contributed by atoms with van der Waals surface area (Å²) in [6.07, 6.45) is 4.11. The summed E-state index contributed by atoms with van der Waals surface area (Å²) in [6.45, 7) is 0. The van der Waals surface area contributed by atoms with Gasteiger partial charge in [0.05, 0.1) is 11.4 Å². The van der Waals surface area contributed by atoms with E-state index in [4.69, 9.17) is 4.94 Å². The Hall–Kier alpha value is -3.30. The number of benzene rings is 3. The van der Waals surface area contributed by atoms with Crippen LogP contribution in [0.25, 0.3) is 11.8 Å². The highest BCUT2D eigenvalue weighted by Crippen LogP contribution is 2.32. The highest BCUT2D eigenvalue weighted by atomic mass is 16.8. The maximum Gasteiger partial charge on any atom is 0.105 e. The van der Waals surface area contributed by atoms with E-state index in [0.29, 0.717) is 0 Å². The van der Waals surface area contributed by atoms with Crippen molar-refractivity contribution in [2.75, 3.05) is 5.06 Å². The van der Waals surface area contributed by atoms with Crippen LogP contribution in [0, 0.1) is 0 Å². The summed E-state index contributed by atoms with van der Waals surface area (Å²) in [7, 11) is 0. The Morgan fingerprint density at radius 2 is 1.28 bits per heavy atom. The molecule has 0 radical (unpaired) electrons. The first kappa shape index (κ1) is 15.2. The predicted molar refractivity (Wildman–Crippen MR) is 102 cm³/mol. The van der Waals surface area contributed by atoms with Crippen molar-refractivity contribution < 1.29 is 4.94 Å². The number of allylic oxidation sites excluding steroid dienone is 1. The van der Waals surface area contributed by atoms with Gasteiger partial charge < -0.3 is 0 Å². The summed E-state index contributed by atoms with van der Waals surface area (Å²) in [5, 5.41) is 1.82. The maximum absolute atomic E-state index is 5.77. The fourth-order valence-corrected chi connectivity index (χ4v) is 2.77. The van der Waals surface area contributed by atoms with E-state index in [1.54, 1.807) is 0 Å². The molecule has 0 aliphatic carbocycles. The van der Waals surface area contributed by atoms with Crippen LogP contribution < -0.4 is 10.5 Å². The third-order valence-electron chi connectivity index (χ3n) is 3.99. The van der Waals surface area contributed by atoms with Gasteiger partial charge >= 0.3 is 0 Å². The zero-order valence-corrected chi connectivity index (χ0v) is 13.7. The minimum absolute atomic E-state index is 0.916. The molecule has 25 heavy (non-hydrogen) atoms. The lowest BCUT2D eigenvalue weighted by Crippen LogP contribution is -2.19. The molecule has 0 spiro atoms. The van der Waals surface area contributed by atoms with Crippen molar-refractivity contribution in [1.29, 1.82) is 0 Å². The van der Waals surface area contributed by atoms with Gasteiger partial charge in [-0.15, -0.1) is 0 Å². The molecular formula is C22H18N2O. The lowest BCUT2D eigenvalue weighted by molar-refractivity contribution is 0.0873. The van der Waals surface area contributed by atoms with Gasteiger partial charge in [-0.1, -0.05) is 84.9 Å². The number of nitrogens with one attached hydrogen (secondary N) is 1. The Labute approximate surface area is 147 Å². The molecule has 0 saturated heterocycles. The Balaban J connectivity index is 1.76. The topological polar surface area (TPSA) is 24.5 Å². The predicted octanol–water partition coefficient (Wildman–Crippen LogP) is 5.03. The second-order valence-electron chi connectivity index (χ2n) is 5.70. The zero-order chi connectivity index (χ0) is 16.9. The van der Waals surface area contributed by atoms with Crippen molar-refractivity contribution in [3.05, 3.63) is 114 Å². The van der Waals surface area contributed by atoms with Gasteiger partial charge in [-0.3, -0.25) is 0 Å². The largest absolute Gasteiger partial charge is 0.239 e. The van der Waals surface area contributed by atoms with Gasteiger partial charge in [0.15, 0.2) is 0 Å². The number of anilines is 1. The van der Waals surface area contributed by atoms with E-state index in [1.807, 2.05) is 77.9 Å². The Bertz CT molecular complexity index is 887. The van der Waals surface area contributed by atoms with Crippen molar-refractivity contribution in [2.24, 2.45) is 0 Å². The van der Waals surface area contributed by atoms with Gasteiger partial charge in [-0.2, -0.15) is 10.0 Å². The first-order valence-electron chi connectivity index (χ1n) is 8.23. The zero-order valence-electron chi connectivity index (χ0n) is 13.7. The van der Waals surface area contributed by atoms with Crippen LogP contribution in [0.3, 0.4) is 0 Å². The second kappa shape index (κ2) is 7.07. The lowest BCUT2D eigenvalue weighted by atomic mass is 10.1. The smallest absolute Gasteiger partial charge is 0.105 e. The van der Waals surface area contributed by atoms with Crippen LogP contribution in [0.2, 0.25) is 0 Å². The molecule has 3 heteroatoms. The Morgan fingerprint density at radius 1 is 0.680 bits per heavy atom. The van der Waals surface area contributed by atoms with Crippen LogP contribution >= 0.6 is 0 Å². The molecular weight excluding hydrogens is 308 g/mol. The summed E-state index contributed by atoms with van der Waals surface area (Å²) in [6, 6.07) is 30.5. The minimum Gasteiger partial charge on any atom is -0.239 e. The number of para-hydroxylation sites is 1. The number of hydroxylamine groups is 2. The highest BCUT2D eigenvalue weighted by Gasteiger charge is 2.25. The quantitative estimate of drug-likeness (QED) is 0.728. The molecule has 0 saturated carbocycles. The number of hydrogen-bond acceptors (Lipinski definition) is 3. The van der Waals surface area contributed by atoms with Gasteiger partial charge in [0, 0.05) is 5.56 Å². The van der Waals surface area contributed by atoms with Gasteiger partial charge in [0.2, 0.25) is 0 Å². The third kappa shape index (κ3) is 3.32. The van der Waals surface area contributed by atoms with Crippen molar-refractivity contribution in [3.8, 4) is 0 Å². The third-order valence-corrected chi connectivity index (χ3v) is 3.99. The molecule has 3 aromatic rings. The molecule has 0 unspecified atom stereocenters. The van der Waals surface area contributed by atoms with E-state index in [1.165, 1.54) is 0 Å². The summed E-state index contributed by atoms with van der Waals surface area (Å²) < 4.78 is 0. The van der Waals surface area contributed by atoms with Crippen LogP contribution in [0.1, 0.15) is 11.1 Å². The van der Waals surface area contributed by atoms with Gasteiger partial charge in [-0.25, -0.2) is 5.48 Å². The summed E-state index contributed by atoms with van der Waals surface area (Å²) in [5.74, 6) is 0. The van der Waals surface area contributed by atoms with Gasteiger partial charge in [0.1, 0.15) is 5.70 Å². The number of hydrogen-bond donors (Lipinski definition) is 1. The molecule has 4 rings (SSSR count). The van der Waals surface area contributed by atoms with E-state index in [0.717, 1.165) is 28.2 Å². The molecule has 1 N–H and O–H groups in total. The van der Waals surface area contributed by atoms with Crippen LogP contribution in [0.5, 0.6) is 0 Å². The fraction of sp³-hybridized carbons (Fsp3) is 0. The van der Waals surface area contributed by atoms with Crippen molar-refractivity contribution in [3.63, 3.8) is 0 Å². The average Bonchev–Trinajstić information content (AvgIpc) is 3.12. The first-order valence-corrected chi connectivity index (χ1v) is 8.23. The van der Waals surface area contributed by atoms with E-state index < -0.39 is 0 Å². The monoisotopic (exact) mass is 326 g/mol. The molecule has 122 valence electrons. The van der Waals surface area contributed by atoms with Crippen LogP contribution in [-0.4, -0.2) is 0 Å². The number of nitrogens with zero attached hydrogens (tertiary/aromatic N) is 1. The molecule has 3 nitrogen and oxygen atoms in total. The van der Waals surface area contributed by atoms with E-state index in [9.17, 15) is 0 Å².